The summed E-state index contributed by atoms with van der Waals surface area (Å²) in [4.78, 5) is 39.9. The Morgan fingerprint density at radius 3 is 2.18 bits per heavy atom. The standard InChI is InChI=1S/C22H25N3O3/c1-24(17-9-3-2-4-10-17)15-8-14-23-20(26)13-7-16-25-21(27)18-11-5-6-12-19(18)22(25)28/h2-6,9-12H,7-8,13-16H2,1H3,(H,23,26). The molecule has 1 aliphatic heterocycles. The molecule has 0 bridgehead atoms. The molecule has 0 atom stereocenters. The summed E-state index contributed by atoms with van der Waals surface area (Å²) in [6.07, 6.45) is 1.60. The number of carbonyl (C=O) groups is 3. The molecule has 0 spiro atoms. The van der Waals surface area contributed by atoms with E-state index in [9.17, 15) is 14.4 Å². The molecule has 6 nitrogen and oxygen atoms in total. The zero-order valence-corrected chi connectivity index (χ0v) is 16.1. The van der Waals surface area contributed by atoms with Crippen LogP contribution < -0.4 is 10.2 Å². The third-order valence-electron chi connectivity index (χ3n) is 4.85. The Hall–Kier alpha value is -3.15. The molecular formula is C22H25N3O3. The zero-order valence-electron chi connectivity index (χ0n) is 16.1. The minimum Gasteiger partial charge on any atom is -0.375 e. The van der Waals surface area contributed by atoms with Gasteiger partial charge in [0.15, 0.2) is 0 Å². The quantitative estimate of drug-likeness (QED) is 0.537. The van der Waals surface area contributed by atoms with E-state index in [1.165, 1.54) is 4.90 Å². The average molecular weight is 379 g/mol. The van der Waals surface area contributed by atoms with Crippen molar-refractivity contribution in [3.05, 3.63) is 65.7 Å². The van der Waals surface area contributed by atoms with Crippen LogP contribution in [0.4, 0.5) is 5.69 Å². The molecule has 28 heavy (non-hydrogen) atoms. The van der Waals surface area contributed by atoms with Crippen molar-refractivity contribution >= 4 is 23.4 Å². The van der Waals surface area contributed by atoms with Gasteiger partial charge in [-0.15, -0.1) is 0 Å². The van der Waals surface area contributed by atoms with E-state index in [2.05, 4.69) is 22.3 Å². The Kier molecular flexibility index (Phi) is 6.42. The number of rotatable bonds is 9. The van der Waals surface area contributed by atoms with Gasteiger partial charge in [0.05, 0.1) is 11.1 Å². The molecule has 1 N–H and O–H groups in total. The molecule has 0 aromatic heterocycles. The van der Waals surface area contributed by atoms with E-state index in [1.807, 2.05) is 25.2 Å². The van der Waals surface area contributed by atoms with Crippen molar-refractivity contribution < 1.29 is 14.4 Å². The lowest BCUT2D eigenvalue weighted by molar-refractivity contribution is -0.121. The summed E-state index contributed by atoms with van der Waals surface area (Å²) in [6.45, 7) is 1.71. The Labute approximate surface area is 165 Å². The molecule has 0 unspecified atom stereocenters. The van der Waals surface area contributed by atoms with Crippen LogP contribution in [0.25, 0.3) is 0 Å². The molecule has 1 heterocycles. The smallest absolute Gasteiger partial charge is 0.261 e. The first kappa shape index (κ1) is 19.6. The first-order valence-electron chi connectivity index (χ1n) is 9.56. The molecule has 2 aromatic rings. The van der Waals surface area contributed by atoms with Crippen molar-refractivity contribution in [3.8, 4) is 0 Å². The van der Waals surface area contributed by atoms with Crippen LogP contribution in [0.1, 0.15) is 40.0 Å². The van der Waals surface area contributed by atoms with Crippen molar-refractivity contribution in [3.63, 3.8) is 0 Å². The number of hydrogen-bond acceptors (Lipinski definition) is 4. The van der Waals surface area contributed by atoms with Gasteiger partial charge in [-0.1, -0.05) is 30.3 Å². The fraction of sp³-hybridized carbons (Fsp3) is 0.318. The minimum atomic E-state index is -0.273. The van der Waals surface area contributed by atoms with Gasteiger partial charge in [-0.3, -0.25) is 19.3 Å². The molecule has 3 rings (SSSR count). The maximum absolute atomic E-state index is 12.3. The van der Waals surface area contributed by atoms with Crippen LogP contribution in [0, 0.1) is 0 Å². The van der Waals surface area contributed by atoms with E-state index in [4.69, 9.17) is 0 Å². The molecule has 0 aliphatic carbocycles. The number of para-hydroxylation sites is 1. The van der Waals surface area contributed by atoms with Gasteiger partial charge in [-0.25, -0.2) is 0 Å². The van der Waals surface area contributed by atoms with Crippen molar-refractivity contribution in [1.29, 1.82) is 0 Å². The summed E-state index contributed by atoms with van der Waals surface area (Å²) in [5, 5.41) is 2.90. The Bertz CT molecular complexity index is 816. The van der Waals surface area contributed by atoms with E-state index in [0.29, 0.717) is 30.5 Å². The summed E-state index contributed by atoms with van der Waals surface area (Å²) in [5.41, 5.74) is 2.04. The van der Waals surface area contributed by atoms with Gasteiger partial charge in [-0.2, -0.15) is 0 Å². The molecule has 0 radical (unpaired) electrons. The highest BCUT2D eigenvalue weighted by molar-refractivity contribution is 6.21. The first-order chi connectivity index (χ1) is 13.6. The van der Waals surface area contributed by atoms with Crippen LogP contribution in [0.5, 0.6) is 0 Å². The maximum atomic E-state index is 12.3. The number of hydrogen-bond donors (Lipinski definition) is 1. The van der Waals surface area contributed by atoms with Gasteiger partial charge in [0, 0.05) is 38.8 Å². The van der Waals surface area contributed by atoms with Crippen molar-refractivity contribution in [1.82, 2.24) is 10.2 Å². The number of benzene rings is 2. The van der Waals surface area contributed by atoms with E-state index in [1.54, 1.807) is 24.3 Å². The van der Waals surface area contributed by atoms with Gasteiger partial charge in [0.2, 0.25) is 5.91 Å². The average Bonchev–Trinajstić information content (AvgIpc) is 2.97. The molecule has 0 fully saturated rings. The van der Waals surface area contributed by atoms with E-state index in [-0.39, 0.29) is 24.3 Å². The number of fused-ring (bicyclic) bond motifs is 1. The molecule has 0 saturated heterocycles. The van der Waals surface area contributed by atoms with Crippen molar-refractivity contribution in [2.75, 3.05) is 31.6 Å². The van der Waals surface area contributed by atoms with Gasteiger partial charge in [0.25, 0.3) is 11.8 Å². The van der Waals surface area contributed by atoms with E-state index in [0.717, 1.165) is 18.7 Å². The van der Waals surface area contributed by atoms with Gasteiger partial charge >= 0.3 is 0 Å². The molecule has 2 aromatic carbocycles. The highest BCUT2D eigenvalue weighted by Crippen LogP contribution is 2.22. The minimum absolute atomic E-state index is 0.0565. The number of nitrogens with one attached hydrogen (secondary N) is 1. The molecule has 0 saturated carbocycles. The molecule has 3 amide bonds. The Morgan fingerprint density at radius 2 is 1.54 bits per heavy atom. The summed E-state index contributed by atoms with van der Waals surface area (Å²) in [5.74, 6) is -0.603. The van der Waals surface area contributed by atoms with Crippen LogP contribution >= 0.6 is 0 Å². The van der Waals surface area contributed by atoms with Crippen LogP contribution in [-0.4, -0.2) is 49.3 Å². The highest BCUT2D eigenvalue weighted by atomic mass is 16.2. The fourth-order valence-corrected chi connectivity index (χ4v) is 3.28. The SMILES string of the molecule is CN(CCCNC(=O)CCCN1C(=O)c2ccccc2C1=O)c1ccccc1. The number of carbonyl (C=O) groups excluding carboxylic acids is 3. The molecule has 146 valence electrons. The third-order valence-corrected chi connectivity index (χ3v) is 4.85. The maximum Gasteiger partial charge on any atom is 0.261 e. The predicted molar refractivity (Wildman–Crippen MR) is 108 cm³/mol. The Balaban J connectivity index is 1.33. The summed E-state index contributed by atoms with van der Waals surface area (Å²) < 4.78 is 0. The number of amides is 3. The first-order valence-corrected chi connectivity index (χ1v) is 9.56. The second-order valence-electron chi connectivity index (χ2n) is 6.87. The lowest BCUT2D eigenvalue weighted by Crippen LogP contribution is -2.32. The molecule has 1 aliphatic rings. The van der Waals surface area contributed by atoms with Crippen LogP contribution in [0.15, 0.2) is 54.6 Å². The van der Waals surface area contributed by atoms with Gasteiger partial charge in [-0.05, 0) is 37.1 Å². The predicted octanol–water partition coefficient (Wildman–Crippen LogP) is 2.71. The number of anilines is 1. The second-order valence-corrected chi connectivity index (χ2v) is 6.87. The van der Waals surface area contributed by atoms with Crippen LogP contribution in [-0.2, 0) is 4.79 Å². The molecule has 6 heteroatoms. The van der Waals surface area contributed by atoms with Crippen molar-refractivity contribution in [2.45, 2.75) is 19.3 Å². The zero-order chi connectivity index (χ0) is 19.9. The molecular weight excluding hydrogens is 354 g/mol. The fourth-order valence-electron chi connectivity index (χ4n) is 3.28. The topological polar surface area (TPSA) is 69.7 Å². The third kappa shape index (κ3) is 4.57. The summed E-state index contributed by atoms with van der Waals surface area (Å²) >= 11 is 0. The largest absolute Gasteiger partial charge is 0.375 e. The Morgan fingerprint density at radius 1 is 0.929 bits per heavy atom. The lowest BCUT2D eigenvalue weighted by atomic mass is 10.1. The second kappa shape index (κ2) is 9.17. The van der Waals surface area contributed by atoms with Crippen LogP contribution in [0.2, 0.25) is 0 Å². The monoisotopic (exact) mass is 379 g/mol. The van der Waals surface area contributed by atoms with Gasteiger partial charge < -0.3 is 10.2 Å². The number of nitrogens with zero attached hydrogens (tertiary/aromatic N) is 2. The lowest BCUT2D eigenvalue weighted by Gasteiger charge is -2.19. The van der Waals surface area contributed by atoms with Gasteiger partial charge in [0.1, 0.15) is 0 Å². The summed E-state index contributed by atoms with van der Waals surface area (Å²) in [6, 6.07) is 16.9. The normalized spacial score (nSPS) is 12.8. The summed E-state index contributed by atoms with van der Waals surface area (Å²) in [7, 11) is 2.03. The van der Waals surface area contributed by atoms with Crippen molar-refractivity contribution in [2.24, 2.45) is 0 Å². The van der Waals surface area contributed by atoms with Crippen LogP contribution in [0.3, 0.4) is 0 Å². The van der Waals surface area contributed by atoms with E-state index >= 15 is 0 Å². The highest BCUT2D eigenvalue weighted by Gasteiger charge is 2.34. The van der Waals surface area contributed by atoms with E-state index < -0.39 is 0 Å². The number of imide groups is 1.